The molecule has 0 atom stereocenters. The molecule has 0 aliphatic rings. The first-order valence-electron chi connectivity index (χ1n) is 9.41. The van der Waals surface area contributed by atoms with Crippen molar-refractivity contribution in [2.45, 2.75) is 47.0 Å². The number of benzene rings is 1. The number of amides is 1. The fourth-order valence-corrected chi connectivity index (χ4v) is 2.73. The van der Waals surface area contributed by atoms with Gasteiger partial charge in [0.2, 0.25) is 11.8 Å². The first-order valence-corrected chi connectivity index (χ1v) is 9.41. The second-order valence-electron chi connectivity index (χ2n) is 6.70. The smallest absolute Gasteiger partial charge is 0.224 e. The molecule has 0 bridgehead atoms. The lowest BCUT2D eigenvalue weighted by atomic mass is 10.2. The number of hydrogen-bond donors (Lipinski definition) is 1. The van der Waals surface area contributed by atoms with Crippen molar-refractivity contribution < 1.29 is 9.53 Å². The summed E-state index contributed by atoms with van der Waals surface area (Å²) >= 11 is 0. The summed E-state index contributed by atoms with van der Waals surface area (Å²) in [5.41, 5.74) is 3.88. The second-order valence-corrected chi connectivity index (χ2v) is 6.70. The van der Waals surface area contributed by atoms with Crippen molar-refractivity contribution in [1.29, 1.82) is 0 Å². The number of unbranched alkanes of at least 4 members (excludes halogenated alkanes) is 1. The Bertz CT molecular complexity index is 963. The Morgan fingerprint density at radius 3 is 2.54 bits per heavy atom. The van der Waals surface area contributed by atoms with Gasteiger partial charge in [0.25, 0.3) is 0 Å². The van der Waals surface area contributed by atoms with Gasteiger partial charge < -0.3 is 10.1 Å². The van der Waals surface area contributed by atoms with Gasteiger partial charge in [-0.05, 0) is 57.0 Å². The van der Waals surface area contributed by atoms with Crippen LogP contribution in [0.4, 0.5) is 5.69 Å². The summed E-state index contributed by atoms with van der Waals surface area (Å²) in [5.74, 6) is 1.73. The van der Waals surface area contributed by atoms with E-state index in [0.717, 1.165) is 35.5 Å². The van der Waals surface area contributed by atoms with Gasteiger partial charge in [0.15, 0.2) is 5.82 Å². The zero-order valence-electron chi connectivity index (χ0n) is 16.7. The van der Waals surface area contributed by atoms with Crippen LogP contribution in [0.5, 0.6) is 11.6 Å². The van der Waals surface area contributed by atoms with Gasteiger partial charge in [-0.15, -0.1) is 0 Å². The van der Waals surface area contributed by atoms with E-state index in [4.69, 9.17) is 4.74 Å². The fraction of sp³-hybridized carbons (Fsp3) is 0.333. The highest BCUT2D eigenvalue weighted by atomic mass is 16.5. The lowest BCUT2D eigenvalue weighted by Gasteiger charge is -2.09. The van der Waals surface area contributed by atoms with E-state index in [-0.39, 0.29) is 5.91 Å². The number of rotatable bonds is 7. The zero-order valence-corrected chi connectivity index (χ0v) is 16.7. The maximum absolute atomic E-state index is 11.8. The molecule has 0 spiro atoms. The molecule has 3 aromatic rings. The zero-order chi connectivity index (χ0) is 20.1. The summed E-state index contributed by atoms with van der Waals surface area (Å²) in [6.07, 6.45) is 3.87. The molecule has 0 unspecified atom stereocenters. The average molecular weight is 379 g/mol. The number of aryl methyl sites for hydroxylation is 1. The summed E-state index contributed by atoms with van der Waals surface area (Å²) in [7, 11) is 0. The van der Waals surface area contributed by atoms with E-state index in [0.29, 0.717) is 23.9 Å². The molecule has 1 aromatic carbocycles. The van der Waals surface area contributed by atoms with E-state index in [1.54, 1.807) is 22.9 Å². The number of ether oxygens (including phenoxy) is 1. The Kier molecular flexibility index (Phi) is 6.03. The highest BCUT2D eigenvalue weighted by Crippen LogP contribution is 2.23. The summed E-state index contributed by atoms with van der Waals surface area (Å²) in [6, 6.07) is 8.96. The minimum atomic E-state index is 0.0242. The molecule has 0 fully saturated rings. The Balaban J connectivity index is 1.70. The molecule has 2 heterocycles. The van der Waals surface area contributed by atoms with E-state index in [1.807, 2.05) is 32.9 Å². The minimum absolute atomic E-state index is 0.0242. The molecule has 2 aromatic heterocycles. The van der Waals surface area contributed by atoms with E-state index < -0.39 is 0 Å². The predicted molar refractivity (Wildman–Crippen MR) is 108 cm³/mol. The minimum Gasteiger partial charge on any atom is -0.439 e. The van der Waals surface area contributed by atoms with Crippen molar-refractivity contribution in [2.75, 3.05) is 5.32 Å². The molecule has 1 N–H and O–H groups in total. The molecule has 3 rings (SSSR count). The number of anilines is 1. The maximum Gasteiger partial charge on any atom is 0.224 e. The Morgan fingerprint density at radius 1 is 1.14 bits per heavy atom. The van der Waals surface area contributed by atoms with Crippen molar-refractivity contribution in [2.24, 2.45) is 0 Å². The third kappa shape index (κ3) is 4.54. The summed E-state index contributed by atoms with van der Waals surface area (Å²) in [4.78, 5) is 20.3. The molecule has 0 saturated heterocycles. The van der Waals surface area contributed by atoms with Crippen LogP contribution in [0.15, 0.2) is 36.7 Å². The predicted octanol–water partition coefficient (Wildman–Crippen LogP) is 4.51. The first kappa shape index (κ1) is 19.5. The lowest BCUT2D eigenvalue weighted by molar-refractivity contribution is -0.116. The normalized spacial score (nSPS) is 10.7. The third-order valence-electron chi connectivity index (χ3n) is 4.62. The van der Waals surface area contributed by atoms with Gasteiger partial charge in [0, 0.05) is 23.9 Å². The molecule has 1 amide bonds. The van der Waals surface area contributed by atoms with Crippen molar-refractivity contribution in [3.63, 3.8) is 0 Å². The molecule has 28 heavy (non-hydrogen) atoms. The standard InChI is InChI=1S/C21H25N5O2/c1-5-6-7-20(27)24-17-8-10-18(11-9-17)28-21-12-19(22-13-23-21)26-16(4)14(2)15(3)25-26/h8-13H,5-7H2,1-4H3,(H,24,27). The van der Waals surface area contributed by atoms with Crippen LogP contribution in [0.3, 0.4) is 0 Å². The number of hydrogen-bond acceptors (Lipinski definition) is 5. The van der Waals surface area contributed by atoms with Gasteiger partial charge in [0.1, 0.15) is 12.1 Å². The molecular weight excluding hydrogens is 354 g/mol. The Morgan fingerprint density at radius 2 is 1.89 bits per heavy atom. The van der Waals surface area contributed by atoms with Gasteiger partial charge in [-0.25, -0.2) is 14.6 Å². The van der Waals surface area contributed by atoms with Gasteiger partial charge in [-0.3, -0.25) is 4.79 Å². The molecule has 0 aliphatic heterocycles. The van der Waals surface area contributed by atoms with Crippen LogP contribution < -0.4 is 10.1 Å². The quantitative estimate of drug-likeness (QED) is 0.653. The van der Waals surface area contributed by atoms with Crippen molar-refractivity contribution in [3.8, 4) is 17.4 Å². The highest BCUT2D eigenvalue weighted by molar-refractivity contribution is 5.90. The van der Waals surface area contributed by atoms with Gasteiger partial charge in [0.05, 0.1) is 5.69 Å². The second kappa shape index (κ2) is 8.65. The van der Waals surface area contributed by atoms with Gasteiger partial charge in [-0.2, -0.15) is 5.10 Å². The fourth-order valence-electron chi connectivity index (χ4n) is 2.73. The number of aromatic nitrogens is 4. The Labute approximate surface area is 164 Å². The Hall–Kier alpha value is -3.22. The molecule has 7 heteroatoms. The molecular formula is C21H25N5O2. The SMILES string of the molecule is CCCCC(=O)Nc1ccc(Oc2cc(-n3nc(C)c(C)c3C)ncn2)cc1. The van der Waals surface area contributed by atoms with Crippen LogP contribution in [0, 0.1) is 20.8 Å². The molecule has 146 valence electrons. The van der Waals surface area contributed by atoms with Crippen molar-refractivity contribution in [3.05, 3.63) is 53.6 Å². The summed E-state index contributed by atoms with van der Waals surface area (Å²) in [6.45, 7) is 8.08. The number of carbonyl (C=O) groups is 1. The molecule has 0 saturated carbocycles. The highest BCUT2D eigenvalue weighted by Gasteiger charge is 2.11. The number of carbonyl (C=O) groups excluding carboxylic acids is 1. The van der Waals surface area contributed by atoms with Crippen LogP contribution in [-0.4, -0.2) is 25.7 Å². The monoisotopic (exact) mass is 379 g/mol. The van der Waals surface area contributed by atoms with Crippen molar-refractivity contribution >= 4 is 11.6 Å². The summed E-state index contributed by atoms with van der Waals surface area (Å²) in [5, 5.41) is 7.40. The van der Waals surface area contributed by atoms with E-state index >= 15 is 0 Å². The first-order chi connectivity index (χ1) is 13.5. The topological polar surface area (TPSA) is 81.9 Å². The van der Waals surface area contributed by atoms with Crippen LogP contribution in [0.1, 0.15) is 43.1 Å². The van der Waals surface area contributed by atoms with Crippen LogP contribution in [-0.2, 0) is 4.79 Å². The molecule has 0 aliphatic carbocycles. The lowest BCUT2D eigenvalue weighted by Crippen LogP contribution is -2.10. The van der Waals surface area contributed by atoms with Crippen LogP contribution in [0.2, 0.25) is 0 Å². The van der Waals surface area contributed by atoms with E-state index in [2.05, 4.69) is 27.3 Å². The van der Waals surface area contributed by atoms with Gasteiger partial charge >= 0.3 is 0 Å². The molecule has 7 nitrogen and oxygen atoms in total. The van der Waals surface area contributed by atoms with E-state index in [1.165, 1.54) is 6.33 Å². The van der Waals surface area contributed by atoms with Crippen molar-refractivity contribution in [1.82, 2.24) is 19.7 Å². The summed E-state index contributed by atoms with van der Waals surface area (Å²) < 4.78 is 7.62. The van der Waals surface area contributed by atoms with E-state index in [9.17, 15) is 4.79 Å². The van der Waals surface area contributed by atoms with Crippen LogP contribution in [0.25, 0.3) is 5.82 Å². The number of nitrogens with zero attached hydrogens (tertiary/aromatic N) is 4. The van der Waals surface area contributed by atoms with Gasteiger partial charge in [-0.1, -0.05) is 13.3 Å². The molecule has 0 radical (unpaired) electrons. The third-order valence-corrected chi connectivity index (χ3v) is 4.62. The average Bonchev–Trinajstić information content (AvgIpc) is 2.95. The largest absolute Gasteiger partial charge is 0.439 e. The maximum atomic E-state index is 11.8. The number of nitrogens with one attached hydrogen (secondary N) is 1. The van der Waals surface area contributed by atoms with Crippen LogP contribution >= 0.6 is 0 Å².